The van der Waals surface area contributed by atoms with E-state index in [4.69, 9.17) is 9.84 Å². The fourth-order valence-electron chi connectivity index (χ4n) is 4.32. The number of fused-ring (bicyclic) bond motifs is 1. The molecule has 0 spiro atoms. The summed E-state index contributed by atoms with van der Waals surface area (Å²) in [6, 6.07) is -1.00. The maximum absolute atomic E-state index is 12.4. The third-order valence-electron chi connectivity index (χ3n) is 5.56. The van der Waals surface area contributed by atoms with E-state index in [0.29, 0.717) is 10.9 Å². The fraction of sp³-hybridized carbons (Fsp3) is 0.812. The summed E-state index contributed by atoms with van der Waals surface area (Å²) in [7, 11) is 1.99. The van der Waals surface area contributed by atoms with Crippen LogP contribution < -0.4 is 0 Å². The lowest BCUT2D eigenvalue weighted by Crippen LogP contribution is -2.64. The van der Waals surface area contributed by atoms with Gasteiger partial charge in [0.2, 0.25) is 5.91 Å². The van der Waals surface area contributed by atoms with Crippen LogP contribution in [-0.4, -0.2) is 87.1 Å². The zero-order chi connectivity index (χ0) is 18.4. The van der Waals surface area contributed by atoms with Crippen LogP contribution in [0.4, 0.5) is 0 Å². The Morgan fingerprint density at radius 3 is 2.56 bits per heavy atom. The Morgan fingerprint density at radius 2 is 2.04 bits per heavy atom. The zero-order valence-electron chi connectivity index (χ0n) is 14.5. The van der Waals surface area contributed by atoms with Crippen LogP contribution in [0.2, 0.25) is 0 Å². The molecule has 0 aliphatic carbocycles. The van der Waals surface area contributed by atoms with E-state index in [9.17, 15) is 19.5 Å². The second-order valence-corrected chi connectivity index (χ2v) is 8.57. The summed E-state index contributed by atoms with van der Waals surface area (Å²) in [6.45, 7) is 2.87. The van der Waals surface area contributed by atoms with Crippen LogP contribution in [0.3, 0.4) is 0 Å². The maximum atomic E-state index is 12.4. The summed E-state index contributed by atoms with van der Waals surface area (Å²) in [5.41, 5.74) is 0. The molecule has 0 aromatic carbocycles. The number of likely N-dealkylation sites (tertiary alicyclic amines) is 1. The van der Waals surface area contributed by atoms with E-state index in [-0.39, 0.29) is 23.8 Å². The van der Waals surface area contributed by atoms with Crippen molar-refractivity contribution in [2.45, 2.75) is 49.1 Å². The number of hydrogen-bond donors (Lipinski definition) is 2. The Morgan fingerprint density at radius 1 is 1.40 bits per heavy atom. The molecule has 0 radical (unpaired) electrons. The fourth-order valence-corrected chi connectivity index (χ4v) is 6.33. The van der Waals surface area contributed by atoms with Crippen molar-refractivity contribution in [2.24, 2.45) is 5.92 Å². The van der Waals surface area contributed by atoms with Gasteiger partial charge in [-0.1, -0.05) is 0 Å². The molecular weight excluding hydrogens is 348 g/mol. The van der Waals surface area contributed by atoms with Gasteiger partial charge >= 0.3 is 11.9 Å². The summed E-state index contributed by atoms with van der Waals surface area (Å²) < 4.78 is 6.10. The Bertz CT molecular complexity index is 579. The number of rotatable bonds is 6. The predicted molar refractivity (Wildman–Crippen MR) is 89.3 cm³/mol. The number of esters is 1. The predicted octanol–water partition coefficient (Wildman–Crippen LogP) is -0.148. The van der Waals surface area contributed by atoms with Crippen molar-refractivity contribution in [2.75, 3.05) is 26.7 Å². The van der Waals surface area contributed by atoms with Gasteiger partial charge in [-0.2, -0.15) is 0 Å². The average molecular weight is 373 g/mol. The van der Waals surface area contributed by atoms with Gasteiger partial charge in [-0.05, 0) is 6.42 Å². The maximum Gasteiger partial charge on any atom is 0.328 e. The van der Waals surface area contributed by atoms with Crippen LogP contribution in [0.1, 0.15) is 26.2 Å². The number of β-lactam (4-membered cyclic amide) rings is 1. The van der Waals surface area contributed by atoms with Crippen LogP contribution in [-0.2, 0) is 19.1 Å². The molecule has 3 heterocycles. The lowest BCUT2D eigenvalue weighted by atomic mass is 9.92. The van der Waals surface area contributed by atoms with Gasteiger partial charge in [-0.3, -0.25) is 14.1 Å². The monoisotopic (exact) mass is 373 g/mol. The Balaban J connectivity index is 1.90. The van der Waals surface area contributed by atoms with E-state index < -0.39 is 29.5 Å². The summed E-state index contributed by atoms with van der Waals surface area (Å²) in [6.07, 6.45) is 1.74. The number of aliphatic hydroxyl groups excluding tert-OH is 1. The first-order valence-corrected chi connectivity index (χ1v) is 9.57. The highest BCUT2D eigenvalue weighted by molar-refractivity contribution is 8.01. The highest BCUT2D eigenvalue weighted by Gasteiger charge is 2.65. The van der Waals surface area contributed by atoms with Gasteiger partial charge in [0.25, 0.3) is 6.23 Å². The standard InChI is InChI=1S/C16H24N2O6S/c1-9(20)24-15(18(2)6-3-4-7-18)12-11(16(22)23)17-13(21)10(5-8-19)14(17)25-12/h10-12,14-15,19H,3-8H2,1-2H3/p+1/t10-,11?,12?,14+,15+/m0/s1. The number of thioether (sulfide) groups is 1. The number of amides is 1. The number of quaternary nitrogens is 1. The number of carboxylic acid groups (broad SMARTS) is 1. The summed E-state index contributed by atoms with van der Waals surface area (Å²) in [4.78, 5) is 37.4. The molecule has 25 heavy (non-hydrogen) atoms. The van der Waals surface area contributed by atoms with Gasteiger partial charge in [0.1, 0.15) is 5.25 Å². The normalized spacial score (nSPS) is 34.4. The molecule has 5 atom stereocenters. The van der Waals surface area contributed by atoms with Crippen LogP contribution in [0.15, 0.2) is 0 Å². The van der Waals surface area contributed by atoms with E-state index in [1.165, 1.54) is 23.6 Å². The first kappa shape index (κ1) is 18.5. The summed E-state index contributed by atoms with van der Waals surface area (Å²) >= 11 is 1.40. The van der Waals surface area contributed by atoms with Gasteiger partial charge in [0.05, 0.1) is 31.4 Å². The quantitative estimate of drug-likeness (QED) is 0.379. The molecule has 3 aliphatic rings. The first-order valence-electron chi connectivity index (χ1n) is 8.63. The molecule has 3 aliphatic heterocycles. The second kappa shape index (κ2) is 6.77. The Hall–Kier alpha value is -1.32. The molecule has 8 nitrogen and oxygen atoms in total. The minimum absolute atomic E-state index is 0.106. The molecule has 3 saturated heterocycles. The Labute approximate surface area is 150 Å². The van der Waals surface area contributed by atoms with Crippen molar-refractivity contribution in [1.82, 2.24) is 4.90 Å². The van der Waals surface area contributed by atoms with Crippen LogP contribution in [0.5, 0.6) is 0 Å². The molecule has 3 fully saturated rings. The lowest BCUT2D eigenvalue weighted by molar-refractivity contribution is -0.941. The summed E-state index contributed by atoms with van der Waals surface area (Å²) in [5.74, 6) is -2.09. The van der Waals surface area contributed by atoms with Crippen molar-refractivity contribution in [3.63, 3.8) is 0 Å². The first-order chi connectivity index (χ1) is 11.8. The smallest absolute Gasteiger partial charge is 0.328 e. The van der Waals surface area contributed by atoms with Crippen LogP contribution >= 0.6 is 11.8 Å². The number of aliphatic hydroxyl groups is 1. The number of ether oxygens (including phenoxy) is 1. The topological polar surface area (TPSA) is 104 Å². The Kier molecular flexibility index (Phi) is 5.00. The highest BCUT2D eigenvalue weighted by atomic mass is 32.2. The van der Waals surface area contributed by atoms with Crippen molar-refractivity contribution in [1.29, 1.82) is 0 Å². The molecule has 0 aromatic heterocycles. The van der Waals surface area contributed by atoms with Crippen LogP contribution in [0, 0.1) is 5.92 Å². The molecule has 0 bridgehead atoms. The number of aliphatic carboxylic acids is 1. The molecule has 2 N–H and O–H groups in total. The minimum atomic E-state index is -1.07. The lowest BCUT2D eigenvalue weighted by Gasteiger charge is -2.43. The number of carboxylic acids is 1. The molecule has 0 saturated carbocycles. The zero-order valence-corrected chi connectivity index (χ0v) is 15.3. The van der Waals surface area contributed by atoms with Crippen molar-refractivity contribution >= 4 is 29.6 Å². The van der Waals surface area contributed by atoms with Gasteiger partial charge in [0, 0.05) is 26.4 Å². The van der Waals surface area contributed by atoms with E-state index in [0.717, 1.165) is 25.9 Å². The largest absolute Gasteiger partial charge is 0.480 e. The van der Waals surface area contributed by atoms with Crippen molar-refractivity contribution in [3.05, 3.63) is 0 Å². The number of hydrogen-bond acceptors (Lipinski definition) is 6. The molecule has 3 rings (SSSR count). The van der Waals surface area contributed by atoms with E-state index in [1.54, 1.807) is 0 Å². The second-order valence-electron chi connectivity index (χ2n) is 7.27. The minimum Gasteiger partial charge on any atom is -0.480 e. The molecule has 140 valence electrons. The SMILES string of the molecule is CC(=O)O[C@H](C1S[C@@H]2[C@@H](CCO)C(=O)N2C1C(=O)O)[N+]1(C)CCCC1. The van der Waals surface area contributed by atoms with E-state index >= 15 is 0 Å². The number of nitrogens with zero attached hydrogens (tertiary/aromatic N) is 2. The van der Waals surface area contributed by atoms with E-state index in [2.05, 4.69) is 0 Å². The molecular formula is C16H25N2O6S+. The van der Waals surface area contributed by atoms with Crippen LogP contribution in [0.25, 0.3) is 0 Å². The highest BCUT2D eigenvalue weighted by Crippen LogP contribution is 2.51. The van der Waals surface area contributed by atoms with Gasteiger partial charge < -0.3 is 19.8 Å². The molecule has 1 amide bonds. The molecule has 0 aromatic rings. The third kappa shape index (κ3) is 3.02. The average Bonchev–Trinajstić information content (AvgIpc) is 3.13. The number of carbonyl (C=O) groups is 3. The van der Waals surface area contributed by atoms with E-state index in [1.807, 2.05) is 7.05 Å². The third-order valence-corrected chi connectivity index (χ3v) is 7.20. The van der Waals surface area contributed by atoms with Gasteiger partial charge in [0.15, 0.2) is 6.04 Å². The number of carbonyl (C=O) groups excluding carboxylic acids is 2. The van der Waals surface area contributed by atoms with Gasteiger partial charge in [-0.25, -0.2) is 4.79 Å². The molecule has 2 unspecified atom stereocenters. The van der Waals surface area contributed by atoms with Crippen molar-refractivity contribution in [3.8, 4) is 0 Å². The molecule has 9 heteroatoms. The van der Waals surface area contributed by atoms with Gasteiger partial charge in [-0.15, -0.1) is 11.8 Å². The van der Waals surface area contributed by atoms with Crippen molar-refractivity contribution < 1.29 is 33.8 Å². The summed E-state index contributed by atoms with van der Waals surface area (Å²) in [5, 5.41) is 18.1.